The number of nitrogens with zero attached hydrogens (tertiary/aromatic N) is 1. The predicted molar refractivity (Wildman–Crippen MR) is 116 cm³/mol. The number of allylic oxidation sites excluding steroid dienone is 2. The quantitative estimate of drug-likeness (QED) is 0.492. The molecule has 2 amide bonds. The first-order valence-corrected chi connectivity index (χ1v) is 10.6. The van der Waals surface area contributed by atoms with E-state index >= 15 is 0 Å². The molecule has 7 heteroatoms. The van der Waals surface area contributed by atoms with Crippen LogP contribution >= 0.6 is 0 Å². The monoisotopic (exact) mass is 414 g/mol. The molecule has 0 aliphatic heterocycles. The largest absolute Gasteiger partial charge is 0.398 e. The van der Waals surface area contributed by atoms with Gasteiger partial charge in [0, 0.05) is 36.0 Å². The van der Waals surface area contributed by atoms with Crippen LogP contribution in [0.25, 0.3) is 5.70 Å². The van der Waals surface area contributed by atoms with Crippen molar-refractivity contribution in [1.82, 2.24) is 10.2 Å². The minimum atomic E-state index is -0.505. The summed E-state index contributed by atoms with van der Waals surface area (Å²) in [6.45, 7) is 1.60. The topological polar surface area (TPSA) is 101 Å². The molecule has 1 aromatic carbocycles. The van der Waals surface area contributed by atoms with Gasteiger partial charge >= 0.3 is 0 Å². The van der Waals surface area contributed by atoms with Gasteiger partial charge in [0.05, 0.1) is 5.70 Å². The Bertz CT molecular complexity index is 883. The van der Waals surface area contributed by atoms with Crippen molar-refractivity contribution in [3.05, 3.63) is 52.5 Å². The van der Waals surface area contributed by atoms with Gasteiger partial charge in [-0.05, 0) is 62.5 Å². The second kappa shape index (κ2) is 9.32. The maximum absolute atomic E-state index is 14.4. The summed E-state index contributed by atoms with van der Waals surface area (Å²) in [6.07, 6.45) is 10.3. The number of halogens is 1. The van der Waals surface area contributed by atoms with Crippen molar-refractivity contribution >= 4 is 17.5 Å². The van der Waals surface area contributed by atoms with Crippen LogP contribution in [0.1, 0.15) is 66.4 Å². The Labute approximate surface area is 177 Å². The molecule has 162 valence electrons. The van der Waals surface area contributed by atoms with Crippen LogP contribution in [0.4, 0.5) is 4.39 Å². The maximum Gasteiger partial charge on any atom is 0.269 e. The highest BCUT2D eigenvalue weighted by molar-refractivity contribution is 5.96. The van der Waals surface area contributed by atoms with Gasteiger partial charge in [-0.3, -0.25) is 9.59 Å². The Morgan fingerprint density at radius 1 is 1.10 bits per heavy atom. The second-order valence-electron chi connectivity index (χ2n) is 8.33. The van der Waals surface area contributed by atoms with Gasteiger partial charge in [-0.25, -0.2) is 4.39 Å². The van der Waals surface area contributed by atoms with Gasteiger partial charge in [-0.2, -0.15) is 0 Å². The molecule has 0 spiro atoms. The lowest BCUT2D eigenvalue weighted by atomic mass is 9.94. The van der Waals surface area contributed by atoms with Crippen LogP contribution in [0.15, 0.2) is 30.0 Å². The molecule has 2 aliphatic rings. The van der Waals surface area contributed by atoms with E-state index in [2.05, 4.69) is 5.32 Å². The van der Waals surface area contributed by atoms with Crippen LogP contribution in [-0.4, -0.2) is 35.8 Å². The van der Waals surface area contributed by atoms with E-state index in [0.29, 0.717) is 11.1 Å². The standard InChI is InChI=1S/C23H31FN4O2/c1-14-18(12-15(13-19(14)24)22(29)27-16-8-9-16)20(25)10-11-21(26)23(30)28(2)17-6-4-3-5-7-17/h10-13,16-17H,3-9,25-26H2,1-2H3,(H,27,29)/b20-10-,21-11-. The van der Waals surface area contributed by atoms with Gasteiger partial charge < -0.3 is 21.7 Å². The highest BCUT2D eigenvalue weighted by Gasteiger charge is 2.25. The number of rotatable bonds is 6. The fraction of sp³-hybridized carbons (Fsp3) is 0.478. The summed E-state index contributed by atoms with van der Waals surface area (Å²) in [6, 6.07) is 3.17. The van der Waals surface area contributed by atoms with Crippen molar-refractivity contribution < 1.29 is 14.0 Å². The van der Waals surface area contributed by atoms with Gasteiger partial charge in [0.1, 0.15) is 5.82 Å². The zero-order valence-electron chi connectivity index (χ0n) is 17.7. The number of hydrogen-bond donors (Lipinski definition) is 3. The predicted octanol–water partition coefficient (Wildman–Crippen LogP) is 2.96. The van der Waals surface area contributed by atoms with Gasteiger partial charge in [-0.1, -0.05) is 19.3 Å². The Kier molecular flexibility index (Phi) is 6.80. The molecule has 0 bridgehead atoms. The van der Waals surface area contributed by atoms with Crippen LogP contribution < -0.4 is 16.8 Å². The third-order valence-electron chi connectivity index (χ3n) is 5.96. The molecular weight excluding hydrogens is 383 g/mol. The van der Waals surface area contributed by atoms with Crippen molar-refractivity contribution in [2.24, 2.45) is 11.5 Å². The van der Waals surface area contributed by atoms with Crippen molar-refractivity contribution in [3.8, 4) is 0 Å². The highest BCUT2D eigenvalue weighted by Crippen LogP contribution is 2.24. The molecule has 2 aliphatic carbocycles. The average Bonchev–Trinajstić information content (AvgIpc) is 3.57. The Hall–Kier alpha value is -2.83. The van der Waals surface area contributed by atoms with Crippen LogP contribution in [0.5, 0.6) is 0 Å². The van der Waals surface area contributed by atoms with Crippen molar-refractivity contribution in [2.45, 2.75) is 64.0 Å². The lowest BCUT2D eigenvalue weighted by molar-refractivity contribution is -0.128. The first-order chi connectivity index (χ1) is 14.3. The number of carbonyl (C=O) groups excluding carboxylic acids is 2. The molecule has 0 radical (unpaired) electrons. The lowest BCUT2D eigenvalue weighted by Gasteiger charge is -2.31. The first kappa shape index (κ1) is 21.9. The molecule has 0 atom stereocenters. The zero-order valence-corrected chi connectivity index (χ0v) is 17.7. The molecule has 30 heavy (non-hydrogen) atoms. The fourth-order valence-corrected chi connectivity index (χ4v) is 3.78. The number of likely N-dealkylation sites (N-methyl/N-ethyl adjacent to an activating group) is 1. The molecule has 6 nitrogen and oxygen atoms in total. The molecule has 0 saturated heterocycles. The van der Waals surface area contributed by atoms with Crippen molar-refractivity contribution in [1.29, 1.82) is 0 Å². The average molecular weight is 415 g/mol. The third kappa shape index (κ3) is 5.20. The summed E-state index contributed by atoms with van der Waals surface area (Å²) >= 11 is 0. The fourth-order valence-electron chi connectivity index (χ4n) is 3.78. The van der Waals surface area contributed by atoms with Gasteiger partial charge in [0.2, 0.25) is 0 Å². The number of nitrogens with two attached hydrogens (primary N) is 2. The van der Waals surface area contributed by atoms with Crippen LogP contribution in [0.3, 0.4) is 0 Å². The molecule has 1 aromatic rings. The molecule has 0 unspecified atom stereocenters. The van der Waals surface area contributed by atoms with Gasteiger partial charge in [-0.15, -0.1) is 0 Å². The number of nitrogens with one attached hydrogen (secondary N) is 1. The second-order valence-corrected chi connectivity index (χ2v) is 8.33. The van der Waals surface area contributed by atoms with E-state index in [-0.39, 0.29) is 40.9 Å². The highest BCUT2D eigenvalue weighted by atomic mass is 19.1. The SMILES string of the molecule is Cc1c(F)cc(C(=O)NC2CC2)cc1/C(N)=C/C=C(\N)C(=O)N(C)C1CCCCC1. The number of carbonyl (C=O) groups is 2. The molecule has 2 saturated carbocycles. The Morgan fingerprint density at radius 2 is 1.77 bits per heavy atom. The van der Waals surface area contributed by atoms with Crippen LogP contribution in [0.2, 0.25) is 0 Å². The summed E-state index contributed by atoms with van der Waals surface area (Å²) in [4.78, 5) is 26.6. The lowest BCUT2D eigenvalue weighted by Crippen LogP contribution is -2.40. The van der Waals surface area contributed by atoms with Crippen LogP contribution in [0, 0.1) is 12.7 Å². The molecule has 0 aromatic heterocycles. The third-order valence-corrected chi connectivity index (χ3v) is 5.96. The molecule has 0 heterocycles. The van der Waals surface area contributed by atoms with E-state index < -0.39 is 5.82 Å². The van der Waals surface area contributed by atoms with E-state index in [1.807, 2.05) is 0 Å². The smallest absolute Gasteiger partial charge is 0.269 e. The Balaban J connectivity index is 1.76. The van der Waals surface area contributed by atoms with Gasteiger partial charge in [0.25, 0.3) is 11.8 Å². The summed E-state index contributed by atoms with van der Waals surface area (Å²) in [5, 5.41) is 2.84. The molecule has 3 rings (SSSR count). The molecule has 2 fully saturated rings. The summed E-state index contributed by atoms with van der Waals surface area (Å²) < 4.78 is 14.4. The number of hydrogen-bond acceptors (Lipinski definition) is 4. The van der Waals surface area contributed by atoms with Crippen LogP contribution in [-0.2, 0) is 4.79 Å². The molecular formula is C23H31FN4O2. The number of benzene rings is 1. The molecule has 5 N–H and O–H groups in total. The van der Waals surface area contributed by atoms with Crippen molar-refractivity contribution in [2.75, 3.05) is 7.05 Å². The summed E-state index contributed by atoms with van der Waals surface area (Å²) in [5.74, 6) is -1.06. The first-order valence-electron chi connectivity index (χ1n) is 10.6. The minimum Gasteiger partial charge on any atom is -0.398 e. The minimum absolute atomic E-state index is 0.0757. The van der Waals surface area contributed by atoms with E-state index in [0.717, 1.165) is 38.5 Å². The van der Waals surface area contributed by atoms with E-state index in [4.69, 9.17) is 11.5 Å². The zero-order chi connectivity index (χ0) is 21.8. The van der Waals surface area contributed by atoms with E-state index in [1.165, 1.54) is 24.6 Å². The maximum atomic E-state index is 14.4. The Morgan fingerprint density at radius 3 is 2.40 bits per heavy atom. The summed E-state index contributed by atoms with van der Waals surface area (Å²) in [5.41, 5.74) is 13.4. The van der Waals surface area contributed by atoms with Crippen molar-refractivity contribution in [3.63, 3.8) is 0 Å². The van der Waals surface area contributed by atoms with E-state index in [9.17, 15) is 14.0 Å². The van der Waals surface area contributed by atoms with E-state index in [1.54, 1.807) is 24.9 Å². The number of amides is 2. The normalized spacial score (nSPS) is 18.2. The summed E-state index contributed by atoms with van der Waals surface area (Å²) in [7, 11) is 1.77. The van der Waals surface area contributed by atoms with Gasteiger partial charge in [0.15, 0.2) is 0 Å².